The molecule has 0 heterocycles. The Morgan fingerprint density at radius 3 is 1.94 bits per heavy atom. The molecular weight excluding hydrogens is 204 g/mol. The summed E-state index contributed by atoms with van der Waals surface area (Å²) in [5.41, 5.74) is 5.27. The van der Waals surface area contributed by atoms with E-state index in [2.05, 4.69) is 10.6 Å². The van der Waals surface area contributed by atoms with Gasteiger partial charge in [-0.25, -0.2) is 4.79 Å². The van der Waals surface area contributed by atoms with E-state index in [9.17, 15) is 4.79 Å². The Labute approximate surface area is 98.7 Å². The highest BCUT2D eigenvalue weighted by Gasteiger charge is 2.19. The first-order valence-electron chi connectivity index (χ1n) is 5.57. The van der Waals surface area contributed by atoms with E-state index in [1.54, 1.807) is 0 Å². The summed E-state index contributed by atoms with van der Waals surface area (Å²) >= 11 is 0. The zero-order valence-corrected chi connectivity index (χ0v) is 11.3. The van der Waals surface area contributed by atoms with Crippen molar-refractivity contribution in [1.82, 2.24) is 15.5 Å². The van der Waals surface area contributed by atoms with Crippen molar-refractivity contribution in [2.45, 2.75) is 52.6 Å². The number of carbonyl (C=O) groups excluding carboxylic acids is 1. The van der Waals surface area contributed by atoms with Gasteiger partial charge in [0.15, 0.2) is 0 Å². The molecule has 96 valence electrons. The van der Waals surface area contributed by atoms with E-state index < -0.39 is 0 Å². The minimum Gasteiger partial charge on any atom is -0.333 e. The first-order chi connectivity index (χ1) is 7.05. The fourth-order valence-electron chi connectivity index (χ4n) is 0.952. The van der Waals surface area contributed by atoms with Crippen LogP contribution < -0.4 is 16.4 Å². The van der Waals surface area contributed by atoms with Gasteiger partial charge < -0.3 is 11.1 Å². The predicted octanol–water partition coefficient (Wildman–Crippen LogP) is 1.06. The Bertz CT molecular complexity index is 227. The maximum atomic E-state index is 11.8. The molecule has 0 aromatic carbocycles. The molecular formula is C11H26N4O. The zero-order chi connectivity index (χ0) is 13.0. The van der Waals surface area contributed by atoms with Crippen LogP contribution in [-0.4, -0.2) is 35.3 Å². The van der Waals surface area contributed by atoms with Crippen molar-refractivity contribution >= 4 is 6.03 Å². The van der Waals surface area contributed by atoms with E-state index in [4.69, 9.17) is 5.73 Å². The summed E-state index contributed by atoms with van der Waals surface area (Å²) in [6.45, 7) is 12.6. The summed E-state index contributed by atoms with van der Waals surface area (Å²) < 4.78 is 0. The smallest absolute Gasteiger partial charge is 0.319 e. The number of rotatable bonds is 3. The van der Waals surface area contributed by atoms with Gasteiger partial charge in [-0.15, -0.1) is 0 Å². The van der Waals surface area contributed by atoms with Gasteiger partial charge in [-0.05, 0) is 41.5 Å². The third-order valence-electron chi connectivity index (χ3n) is 1.79. The first kappa shape index (κ1) is 15.2. The highest BCUT2D eigenvalue weighted by Crippen LogP contribution is 2.02. The molecule has 5 heteroatoms. The maximum Gasteiger partial charge on any atom is 0.319 e. The van der Waals surface area contributed by atoms with Gasteiger partial charge in [0, 0.05) is 11.1 Å². The van der Waals surface area contributed by atoms with Crippen LogP contribution >= 0.6 is 0 Å². The number of nitrogens with two attached hydrogens (primary N) is 1. The summed E-state index contributed by atoms with van der Waals surface area (Å²) in [6, 6.07) is -0.147. The van der Waals surface area contributed by atoms with Crippen LogP contribution in [-0.2, 0) is 0 Å². The van der Waals surface area contributed by atoms with Crippen LogP contribution in [0.4, 0.5) is 4.79 Å². The van der Waals surface area contributed by atoms with E-state index in [1.807, 2.05) is 41.5 Å². The second kappa shape index (κ2) is 5.50. The minimum absolute atomic E-state index is 0.0323. The van der Waals surface area contributed by atoms with Crippen LogP contribution in [0.2, 0.25) is 0 Å². The standard InChI is InChI=1S/C11H26N4O/c1-10(2,3)13-8-15(7-12)9(16)14-11(4,5)6/h13H,7-8,12H2,1-6H3,(H,14,16). The molecule has 5 nitrogen and oxygen atoms in total. The molecule has 0 radical (unpaired) electrons. The molecule has 16 heavy (non-hydrogen) atoms. The van der Waals surface area contributed by atoms with Crippen LogP contribution in [0.5, 0.6) is 0 Å². The largest absolute Gasteiger partial charge is 0.333 e. The molecule has 0 saturated carbocycles. The van der Waals surface area contributed by atoms with Crippen LogP contribution in [0.15, 0.2) is 0 Å². The highest BCUT2D eigenvalue weighted by molar-refractivity contribution is 5.74. The number of hydrogen-bond donors (Lipinski definition) is 3. The fraction of sp³-hybridized carbons (Fsp3) is 0.909. The first-order valence-corrected chi connectivity index (χ1v) is 5.57. The SMILES string of the molecule is CC(C)(C)NCN(CN)C(=O)NC(C)(C)C. The quantitative estimate of drug-likeness (QED) is 0.635. The summed E-state index contributed by atoms with van der Waals surface area (Å²) in [5.74, 6) is 0. The molecule has 0 aliphatic rings. The van der Waals surface area contributed by atoms with Gasteiger partial charge in [0.1, 0.15) is 0 Å². The molecule has 0 rings (SSSR count). The third kappa shape index (κ3) is 7.48. The molecule has 2 amide bonds. The van der Waals surface area contributed by atoms with E-state index in [0.29, 0.717) is 6.67 Å². The second-order valence-corrected chi connectivity index (χ2v) is 5.99. The fourth-order valence-corrected chi connectivity index (χ4v) is 0.952. The van der Waals surface area contributed by atoms with Gasteiger partial charge in [-0.1, -0.05) is 0 Å². The Morgan fingerprint density at radius 2 is 1.62 bits per heavy atom. The molecule has 0 aliphatic heterocycles. The highest BCUT2D eigenvalue weighted by atomic mass is 16.2. The molecule has 0 saturated heterocycles. The van der Waals surface area contributed by atoms with E-state index in [0.717, 1.165) is 0 Å². The average Bonchev–Trinajstić information content (AvgIpc) is 1.99. The van der Waals surface area contributed by atoms with Crippen LogP contribution in [0, 0.1) is 0 Å². The summed E-state index contributed by atoms with van der Waals surface area (Å²) in [4.78, 5) is 13.3. The van der Waals surface area contributed by atoms with Gasteiger partial charge in [0.05, 0.1) is 13.3 Å². The lowest BCUT2D eigenvalue weighted by Crippen LogP contribution is -2.54. The van der Waals surface area contributed by atoms with Crippen molar-refractivity contribution in [2.75, 3.05) is 13.3 Å². The lowest BCUT2D eigenvalue weighted by Gasteiger charge is -2.30. The Morgan fingerprint density at radius 1 is 1.12 bits per heavy atom. The predicted molar refractivity (Wildman–Crippen MR) is 66.9 cm³/mol. The Kier molecular flexibility index (Phi) is 5.22. The van der Waals surface area contributed by atoms with E-state index in [-0.39, 0.29) is 23.8 Å². The van der Waals surface area contributed by atoms with E-state index in [1.165, 1.54) is 4.90 Å². The lowest BCUT2D eigenvalue weighted by molar-refractivity contribution is 0.179. The number of amides is 2. The average molecular weight is 230 g/mol. The van der Waals surface area contributed by atoms with Crippen molar-refractivity contribution in [3.8, 4) is 0 Å². The number of nitrogens with one attached hydrogen (secondary N) is 2. The number of nitrogens with zero attached hydrogens (tertiary/aromatic N) is 1. The number of hydrogen-bond acceptors (Lipinski definition) is 3. The van der Waals surface area contributed by atoms with Gasteiger partial charge in [0.2, 0.25) is 0 Å². The minimum atomic E-state index is -0.244. The molecule has 0 aromatic heterocycles. The molecule has 0 aromatic rings. The van der Waals surface area contributed by atoms with Crippen molar-refractivity contribution in [3.05, 3.63) is 0 Å². The van der Waals surface area contributed by atoms with Gasteiger partial charge in [0.25, 0.3) is 0 Å². The second-order valence-electron chi connectivity index (χ2n) is 5.99. The van der Waals surface area contributed by atoms with Gasteiger partial charge in [-0.2, -0.15) is 0 Å². The summed E-state index contributed by atoms with van der Waals surface area (Å²) in [7, 11) is 0. The number of urea groups is 1. The van der Waals surface area contributed by atoms with Crippen molar-refractivity contribution in [2.24, 2.45) is 5.73 Å². The maximum absolute atomic E-state index is 11.8. The number of carbonyl (C=O) groups is 1. The van der Waals surface area contributed by atoms with Crippen LogP contribution in [0.3, 0.4) is 0 Å². The zero-order valence-electron chi connectivity index (χ0n) is 11.3. The van der Waals surface area contributed by atoms with Crippen molar-refractivity contribution in [3.63, 3.8) is 0 Å². The Hall–Kier alpha value is -0.810. The molecule has 0 bridgehead atoms. The van der Waals surface area contributed by atoms with Crippen molar-refractivity contribution in [1.29, 1.82) is 0 Å². The van der Waals surface area contributed by atoms with Gasteiger partial charge in [-0.3, -0.25) is 10.2 Å². The molecule has 0 aliphatic carbocycles. The molecule has 0 atom stereocenters. The topological polar surface area (TPSA) is 70.4 Å². The van der Waals surface area contributed by atoms with Gasteiger partial charge >= 0.3 is 6.03 Å². The van der Waals surface area contributed by atoms with Crippen molar-refractivity contribution < 1.29 is 4.79 Å². The molecule has 0 unspecified atom stereocenters. The third-order valence-corrected chi connectivity index (χ3v) is 1.79. The molecule has 0 fully saturated rings. The van der Waals surface area contributed by atoms with E-state index >= 15 is 0 Å². The molecule has 4 N–H and O–H groups in total. The summed E-state index contributed by atoms with van der Waals surface area (Å²) in [6.07, 6.45) is 0. The molecule has 0 spiro atoms. The lowest BCUT2D eigenvalue weighted by atomic mass is 10.1. The normalized spacial score (nSPS) is 12.4. The Balaban J connectivity index is 4.23. The van der Waals surface area contributed by atoms with Crippen LogP contribution in [0.25, 0.3) is 0 Å². The monoisotopic (exact) mass is 230 g/mol. The summed E-state index contributed by atoms with van der Waals surface area (Å²) in [5, 5.41) is 6.10. The van der Waals surface area contributed by atoms with Crippen LogP contribution in [0.1, 0.15) is 41.5 Å².